The van der Waals surface area contributed by atoms with Crippen LogP contribution in [0.2, 0.25) is 0 Å². The second kappa shape index (κ2) is 4.04. The van der Waals surface area contributed by atoms with Gasteiger partial charge in [-0.25, -0.2) is 9.97 Å². The second-order valence-corrected chi connectivity index (χ2v) is 4.02. The second-order valence-electron chi connectivity index (χ2n) is 3.00. The fourth-order valence-electron chi connectivity index (χ4n) is 1.21. The first-order chi connectivity index (χ1) is 6.77. The first-order valence-electron chi connectivity index (χ1n) is 4.32. The van der Waals surface area contributed by atoms with Crippen molar-refractivity contribution in [2.75, 3.05) is 0 Å². The van der Waals surface area contributed by atoms with Gasteiger partial charge in [0.2, 0.25) is 0 Å². The van der Waals surface area contributed by atoms with Gasteiger partial charge in [-0.15, -0.1) is 0 Å². The van der Waals surface area contributed by atoms with Crippen molar-refractivity contribution in [1.29, 1.82) is 0 Å². The van der Waals surface area contributed by atoms with Crippen LogP contribution in [0.25, 0.3) is 11.3 Å². The Morgan fingerprint density at radius 1 is 1.14 bits per heavy atom. The number of rotatable bonds is 1. The Morgan fingerprint density at radius 2 is 1.86 bits per heavy atom. The molecule has 0 amide bonds. The van der Waals surface area contributed by atoms with Crippen molar-refractivity contribution in [3.8, 4) is 11.3 Å². The van der Waals surface area contributed by atoms with Gasteiger partial charge in [0, 0.05) is 5.56 Å². The number of hydrogen-bond acceptors (Lipinski definition) is 2. The van der Waals surface area contributed by atoms with E-state index in [1.54, 1.807) is 0 Å². The fraction of sp³-hybridized carbons (Fsp3) is 0.0909. The summed E-state index contributed by atoms with van der Waals surface area (Å²) in [5.74, 6) is 0. The van der Waals surface area contributed by atoms with E-state index in [4.69, 9.17) is 0 Å². The molecule has 0 radical (unpaired) electrons. The molecule has 0 N–H and O–H groups in total. The molecule has 70 valence electrons. The Bertz CT molecular complexity index is 440. The van der Waals surface area contributed by atoms with E-state index in [9.17, 15) is 0 Å². The van der Waals surface area contributed by atoms with E-state index in [0.717, 1.165) is 20.7 Å². The molecule has 1 heterocycles. The normalized spacial score (nSPS) is 10.1. The smallest absolute Gasteiger partial charge is 0.122 e. The zero-order valence-corrected chi connectivity index (χ0v) is 9.89. The summed E-state index contributed by atoms with van der Waals surface area (Å²) in [7, 11) is 0. The van der Waals surface area contributed by atoms with Gasteiger partial charge in [-0.2, -0.15) is 0 Å². The van der Waals surface area contributed by atoms with Crippen molar-refractivity contribution in [3.63, 3.8) is 0 Å². The lowest BCUT2D eigenvalue weighted by atomic mass is 10.2. The number of benzene rings is 1. The molecule has 0 aliphatic rings. The van der Waals surface area contributed by atoms with E-state index in [0.29, 0.717) is 0 Å². The molecule has 0 unspecified atom stereocenters. The quantitative estimate of drug-likeness (QED) is 0.756. The summed E-state index contributed by atoms with van der Waals surface area (Å²) in [6.45, 7) is 1.97. The third-order valence-corrected chi connectivity index (χ3v) is 3.02. The van der Waals surface area contributed by atoms with E-state index in [1.165, 1.54) is 0 Å². The molecule has 0 atom stereocenters. The van der Waals surface area contributed by atoms with Gasteiger partial charge in [0.1, 0.15) is 3.70 Å². The Hall–Kier alpha value is -0.970. The van der Waals surface area contributed by atoms with E-state index in [-0.39, 0.29) is 0 Å². The molecule has 0 aliphatic carbocycles. The molecule has 0 aliphatic heterocycles. The largest absolute Gasteiger partial charge is 0.249 e. The van der Waals surface area contributed by atoms with Gasteiger partial charge in [-0.05, 0) is 29.5 Å². The highest BCUT2D eigenvalue weighted by molar-refractivity contribution is 14.1. The van der Waals surface area contributed by atoms with Gasteiger partial charge < -0.3 is 0 Å². The molecular weight excluding hydrogens is 287 g/mol. The zero-order chi connectivity index (χ0) is 9.97. The lowest BCUT2D eigenvalue weighted by Gasteiger charge is -2.02. The standard InChI is InChI=1S/C11H9IN2/c1-8-11(12)13-7-10(14-8)9-5-3-2-4-6-9/h2-7H,1H3. The molecule has 0 fully saturated rings. The maximum Gasteiger partial charge on any atom is 0.122 e. The molecule has 3 heteroatoms. The molecule has 2 rings (SSSR count). The summed E-state index contributed by atoms with van der Waals surface area (Å²) in [4.78, 5) is 8.75. The maximum absolute atomic E-state index is 4.47. The van der Waals surface area contributed by atoms with Gasteiger partial charge >= 0.3 is 0 Å². The van der Waals surface area contributed by atoms with Crippen LogP contribution in [-0.2, 0) is 0 Å². The van der Waals surface area contributed by atoms with Crippen LogP contribution in [0, 0.1) is 10.6 Å². The SMILES string of the molecule is Cc1nc(-c2ccccc2)cnc1I. The predicted octanol–water partition coefficient (Wildman–Crippen LogP) is 3.06. The van der Waals surface area contributed by atoms with Crippen molar-refractivity contribution >= 4 is 22.6 Å². The summed E-state index contributed by atoms with van der Waals surface area (Å²) in [6.07, 6.45) is 1.81. The lowest BCUT2D eigenvalue weighted by Crippen LogP contribution is -1.93. The Balaban J connectivity index is 2.48. The Morgan fingerprint density at radius 3 is 2.50 bits per heavy atom. The molecule has 0 bridgehead atoms. The van der Waals surface area contributed by atoms with Gasteiger partial charge in [-0.1, -0.05) is 30.3 Å². The number of aromatic nitrogens is 2. The zero-order valence-electron chi connectivity index (χ0n) is 7.74. The Kier molecular flexibility index (Phi) is 2.77. The van der Waals surface area contributed by atoms with E-state index in [2.05, 4.69) is 32.6 Å². The average molecular weight is 296 g/mol. The van der Waals surface area contributed by atoms with Crippen molar-refractivity contribution in [2.45, 2.75) is 6.92 Å². The number of hydrogen-bond donors (Lipinski definition) is 0. The van der Waals surface area contributed by atoms with Crippen molar-refractivity contribution in [1.82, 2.24) is 9.97 Å². The van der Waals surface area contributed by atoms with E-state index in [1.807, 2.05) is 43.5 Å². The monoisotopic (exact) mass is 296 g/mol. The number of halogens is 1. The topological polar surface area (TPSA) is 25.8 Å². The highest BCUT2D eigenvalue weighted by Crippen LogP contribution is 2.17. The highest BCUT2D eigenvalue weighted by atomic mass is 127. The van der Waals surface area contributed by atoms with Crippen LogP contribution in [0.3, 0.4) is 0 Å². The van der Waals surface area contributed by atoms with E-state index < -0.39 is 0 Å². The van der Waals surface area contributed by atoms with Gasteiger partial charge in [0.05, 0.1) is 17.6 Å². The molecule has 2 nitrogen and oxygen atoms in total. The van der Waals surface area contributed by atoms with Gasteiger partial charge in [-0.3, -0.25) is 0 Å². The fourth-order valence-corrected chi connectivity index (χ4v) is 1.47. The van der Waals surface area contributed by atoms with Gasteiger partial charge in [0.25, 0.3) is 0 Å². The minimum atomic E-state index is 0.934. The van der Waals surface area contributed by atoms with Crippen molar-refractivity contribution < 1.29 is 0 Å². The number of nitrogens with zero attached hydrogens (tertiary/aromatic N) is 2. The minimum absolute atomic E-state index is 0.934. The first-order valence-corrected chi connectivity index (χ1v) is 5.40. The van der Waals surface area contributed by atoms with Crippen LogP contribution in [-0.4, -0.2) is 9.97 Å². The lowest BCUT2D eigenvalue weighted by molar-refractivity contribution is 1.09. The van der Waals surface area contributed by atoms with Crippen molar-refractivity contribution in [2.24, 2.45) is 0 Å². The molecule has 14 heavy (non-hydrogen) atoms. The molecule has 1 aromatic heterocycles. The van der Waals surface area contributed by atoms with Gasteiger partial charge in [0.15, 0.2) is 0 Å². The molecule has 0 spiro atoms. The summed E-state index contributed by atoms with van der Waals surface area (Å²) in [6, 6.07) is 10.1. The summed E-state index contributed by atoms with van der Waals surface area (Å²) >= 11 is 2.19. The summed E-state index contributed by atoms with van der Waals surface area (Å²) < 4.78 is 0.960. The van der Waals surface area contributed by atoms with Crippen LogP contribution in [0.4, 0.5) is 0 Å². The molecule has 2 aromatic rings. The Labute approximate surface area is 96.6 Å². The number of aryl methyl sites for hydroxylation is 1. The highest BCUT2D eigenvalue weighted by Gasteiger charge is 2.01. The van der Waals surface area contributed by atoms with Crippen LogP contribution < -0.4 is 0 Å². The summed E-state index contributed by atoms with van der Waals surface area (Å²) in [5.41, 5.74) is 3.02. The third kappa shape index (κ3) is 1.92. The minimum Gasteiger partial charge on any atom is -0.249 e. The van der Waals surface area contributed by atoms with Crippen LogP contribution in [0.5, 0.6) is 0 Å². The van der Waals surface area contributed by atoms with Crippen LogP contribution in [0.1, 0.15) is 5.69 Å². The van der Waals surface area contributed by atoms with E-state index >= 15 is 0 Å². The summed E-state index contributed by atoms with van der Waals surface area (Å²) in [5, 5.41) is 0. The van der Waals surface area contributed by atoms with Crippen molar-refractivity contribution in [3.05, 3.63) is 45.9 Å². The third-order valence-electron chi connectivity index (χ3n) is 1.96. The predicted molar refractivity (Wildman–Crippen MR) is 64.9 cm³/mol. The van der Waals surface area contributed by atoms with Crippen LogP contribution in [0.15, 0.2) is 36.5 Å². The molecule has 0 saturated heterocycles. The molecule has 0 saturated carbocycles. The molecule has 1 aromatic carbocycles. The molecular formula is C11H9IN2. The first kappa shape index (κ1) is 9.58. The van der Waals surface area contributed by atoms with Crippen LogP contribution >= 0.6 is 22.6 Å². The average Bonchev–Trinajstić information content (AvgIpc) is 2.23. The maximum atomic E-state index is 4.47.